The molecule has 1 aliphatic carbocycles. The molecule has 3 aromatic heterocycles. The fourth-order valence-corrected chi connectivity index (χ4v) is 4.56. The summed E-state index contributed by atoms with van der Waals surface area (Å²) in [5, 5.41) is 0.925. The number of imidazole rings is 1. The van der Waals surface area contributed by atoms with Crippen molar-refractivity contribution >= 4 is 16.7 Å². The third-order valence-electron chi connectivity index (χ3n) is 6.42. The molecule has 0 bridgehead atoms. The average Bonchev–Trinajstić information content (AvgIpc) is 3.38. The van der Waals surface area contributed by atoms with Gasteiger partial charge < -0.3 is 18.9 Å². The van der Waals surface area contributed by atoms with Gasteiger partial charge in [0.25, 0.3) is 0 Å². The van der Waals surface area contributed by atoms with Gasteiger partial charge in [0.05, 0.1) is 30.4 Å². The molecule has 1 aliphatic heterocycles. The Morgan fingerprint density at radius 1 is 1.09 bits per heavy atom. The van der Waals surface area contributed by atoms with Crippen LogP contribution in [0.1, 0.15) is 58.1 Å². The highest BCUT2D eigenvalue weighted by molar-refractivity contribution is 5.87. The lowest BCUT2D eigenvalue weighted by Gasteiger charge is -2.31. The Morgan fingerprint density at radius 2 is 1.88 bits per heavy atom. The van der Waals surface area contributed by atoms with Gasteiger partial charge in [-0.25, -0.2) is 4.98 Å². The van der Waals surface area contributed by atoms with E-state index in [1.54, 1.807) is 0 Å². The summed E-state index contributed by atoms with van der Waals surface area (Å²) in [4.78, 5) is 16.2. The molecule has 0 atom stereocenters. The highest BCUT2D eigenvalue weighted by Gasteiger charge is 2.25. The van der Waals surface area contributed by atoms with Crippen LogP contribution in [0.15, 0.2) is 37.1 Å². The third kappa shape index (κ3) is 5.34. The van der Waals surface area contributed by atoms with E-state index in [0.717, 1.165) is 61.1 Å². The van der Waals surface area contributed by atoms with Gasteiger partial charge in [-0.1, -0.05) is 11.8 Å². The minimum atomic E-state index is -0.0688. The molecule has 1 saturated heterocycles. The Kier molecular flexibility index (Phi) is 6.42. The fraction of sp³-hybridized carbons (Fsp3) is 0.519. The quantitative estimate of drug-likeness (QED) is 0.531. The molecule has 1 saturated carbocycles. The third-order valence-corrected chi connectivity index (χ3v) is 6.42. The van der Waals surface area contributed by atoms with Crippen LogP contribution in [-0.2, 0) is 4.74 Å². The Balaban J connectivity index is 1.43. The Bertz CT molecular complexity index is 1180. The second-order valence-electron chi connectivity index (χ2n) is 10.2. The van der Waals surface area contributed by atoms with Gasteiger partial charge in [-0.05, 0) is 52.5 Å². The molecule has 0 radical (unpaired) electrons. The van der Waals surface area contributed by atoms with Crippen LogP contribution in [0.5, 0.6) is 5.88 Å². The first kappa shape index (κ1) is 22.7. The van der Waals surface area contributed by atoms with Crippen LogP contribution in [0.2, 0.25) is 0 Å². The molecule has 2 fully saturated rings. The molecule has 3 aromatic rings. The van der Waals surface area contributed by atoms with Crippen molar-refractivity contribution < 1.29 is 9.47 Å². The molecular formula is C27H33N5O2. The summed E-state index contributed by atoms with van der Waals surface area (Å²) >= 11 is 0. The van der Waals surface area contributed by atoms with Crippen LogP contribution < -0.4 is 9.64 Å². The molecular weight excluding hydrogens is 426 g/mol. The zero-order valence-corrected chi connectivity index (χ0v) is 20.3. The molecule has 5 rings (SSSR count). The number of hydrogen-bond acceptors (Lipinski definition) is 6. The molecule has 0 spiro atoms. The number of anilines is 1. The number of fused-ring (bicyclic) bond motifs is 1. The maximum atomic E-state index is 6.58. The van der Waals surface area contributed by atoms with Crippen molar-refractivity contribution in [2.45, 2.75) is 58.6 Å². The number of rotatable bonds is 4. The summed E-state index contributed by atoms with van der Waals surface area (Å²) < 4.78 is 14.3. The average molecular weight is 460 g/mol. The zero-order valence-electron chi connectivity index (χ0n) is 20.3. The van der Waals surface area contributed by atoms with Gasteiger partial charge in [0, 0.05) is 54.8 Å². The van der Waals surface area contributed by atoms with E-state index < -0.39 is 0 Å². The molecule has 0 amide bonds. The van der Waals surface area contributed by atoms with E-state index in [1.807, 2.05) is 18.7 Å². The summed E-state index contributed by atoms with van der Waals surface area (Å²) in [5.41, 5.74) is 1.71. The van der Waals surface area contributed by atoms with Crippen molar-refractivity contribution in [1.29, 1.82) is 0 Å². The van der Waals surface area contributed by atoms with Crippen LogP contribution in [-0.4, -0.2) is 51.9 Å². The number of nitrogens with zero attached hydrogens (tertiary/aromatic N) is 5. The molecule has 178 valence electrons. The molecule has 7 nitrogen and oxygen atoms in total. The van der Waals surface area contributed by atoms with Gasteiger partial charge in [0.1, 0.15) is 11.9 Å². The normalized spacial score (nSPS) is 21.2. The maximum absolute atomic E-state index is 6.58. The minimum absolute atomic E-state index is 0.0688. The summed E-state index contributed by atoms with van der Waals surface area (Å²) in [6, 6.07) is 4.63. The number of morpholine rings is 1. The first-order valence-corrected chi connectivity index (χ1v) is 12.3. The van der Waals surface area contributed by atoms with E-state index in [-0.39, 0.29) is 11.5 Å². The summed E-state index contributed by atoms with van der Waals surface area (Å²) in [6.07, 6.45) is 11.9. The first-order chi connectivity index (χ1) is 16.4. The number of aromatic nitrogens is 4. The predicted octanol–water partition coefficient (Wildman–Crippen LogP) is 4.62. The van der Waals surface area contributed by atoms with Gasteiger partial charge >= 0.3 is 0 Å². The highest BCUT2D eigenvalue weighted by atomic mass is 16.5. The number of pyridine rings is 2. The van der Waals surface area contributed by atoms with Crippen molar-refractivity contribution in [2.75, 3.05) is 31.2 Å². The van der Waals surface area contributed by atoms with Gasteiger partial charge in [-0.15, -0.1) is 0 Å². The Morgan fingerprint density at radius 3 is 2.59 bits per heavy atom. The van der Waals surface area contributed by atoms with Crippen molar-refractivity contribution in [3.63, 3.8) is 0 Å². The minimum Gasteiger partial charge on any atom is -0.474 e. The van der Waals surface area contributed by atoms with Gasteiger partial charge in [-0.2, -0.15) is 4.98 Å². The van der Waals surface area contributed by atoms with E-state index in [4.69, 9.17) is 19.4 Å². The molecule has 0 unspecified atom stereocenters. The lowest BCUT2D eigenvalue weighted by atomic mass is 9.93. The van der Waals surface area contributed by atoms with E-state index in [1.165, 1.54) is 0 Å². The molecule has 0 N–H and O–H groups in total. The van der Waals surface area contributed by atoms with Crippen molar-refractivity contribution in [2.24, 2.45) is 5.41 Å². The van der Waals surface area contributed by atoms with E-state index in [9.17, 15) is 0 Å². The Labute approximate surface area is 201 Å². The van der Waals surface area contributed by atoms with E-state index >= 15 is 0 Å². The summed E-state index contributed by atoms with van der Waals surface area (Å²) in [7, 11) is 0. The number of ether oxygens (including phenoxy) is 2. The smallest absolute Gasteiger partial charge is 0.225 e. The largest absolute Gasteiger partial charge is 0.474 e. The topological polar surface area (TPSA) is 65.3 Å². The summed E-state index contributed by atoms with van der Waals surface area (Å²) in [5.74, 6) is 8.15. The molecule has 2 aliphatic rings. The molecule has 0 aromatic carbocycles. The van der Waals surface area contributed by atoms with Crippen molar-refractivity contribution in [3.8, 4) is 17.7 Å². The maximum Gasteiger partial charge on any atom is 0.225 e. The highest BCUT2D eigenvalue weighted by Crippen LogP contribution is 2.34. The lowest BCUT2D eigenvalue weighted by Crippen LogP contribution is -2.36. The van der Waals surface area contributed by atoms with Crippen LogP contribution in [0.4, 0.5) is 5.82 Å². The van der Waals surface area contributed by atoms with Crippen LogP contribution in [0.25, 0.3) is 10.9 Å². The molecule has 34 heavy (non-hydrogen) atoms. The van der Waals surface area contributed by atoms with Crippen LogP contribution >= 0.6 is 0 Å². The predicted molar refractivity (Wildman–Crippen MR) is 133 cm³/mol. The second kappa shape index (κ2) is 9.63. The van der Waals surface area contributed by atoms with Crippen LogP contribution in [0.3, 0.4) is 0 Å². The standard InChI is InChI=1S/C27H33N5O2/c1-27(2,3)9-8-20-16-23-24(29-18-20)17-25(31-12-14-33-15-13-31)30-26(23)34-22-6-4-21(5-7-22)32-11-10-28-19-32/h10-11,16-19,21-22H,4-7,12-15H2,1-3H3. The van der Waals surface area contributed by atoms with Gasteiger partial charge in [0.15, 0.2) is 0 Å². The lowest BCUT2D eigenvalue weighted by molar-refractivity contribution is 0.121. The molecule has 4 heterocycles. The van der Waals surface area contributed by atoms with Crippen LogP contribution in [0, 0.1) is 17.3 Å². The number of hydrogen-bond donors (Lipinski definition) is 0. The first-order valence-electron chi connectivity index (χ1n) is 12.3. The molecule has 7 heteroatoms. The second-order valence-corrected chi connectivity index (χ2v) is 10.2. The van der Waals surface area contributed by atoms with E-state index in [0.29, 0.717) is 25.1 Å². The Hall–Kier alpha value is -3.11. The van der Waals surface area contributed by atoms with Crippen molar-refractivity contribution in [3.05, 3.63) is 42.6 Å². The zero-order chi connectivity index (χ0) is 23.5. The fourth-order valence-electron chi connectivity index (χ4n) is 4.56. The SMILES string of the molecule is CC(C)(C)C#Cc1cnc2cc(N3CCOCC3)nc(OC3CCC(n4ccnc4)CC3)c2c1. The summed E-state index contributed by atoms with van der Waals surface area (Å²) in [6.45, 7) is 9.40. The van der Waals surface area contributed by atoms with Gasteiger partial charge in [-0.3, -0.25) is 4.98 Å². The van der Waals surface area contributed by atoms with E-state index in [2.05, 4.69) is 65.4 Å². The monoisotopic (exact) mass is 459 g/mol. The van der Waals surface area contributed by atoms with Crippen molar-refractivity contribution in [1.82, 2.24) is 19.5 Å². The van der Waals surface area contributed by atoms with Gasteiger partial charge in [0.2, 0.25) is 5.88 Å².